The van der Waals surface area contributed by atoms with Crippen molar-refractivity contribution in [2.45, 2.75) is 119 Å². The fraction of sp³-hybridized carbons (Fsp3) is 0.700. The monoisotopic (exact) mass is 676 g/mol. The molecule has 4 saturated carbocycles. The normalized spacial score (nSPS) is 39.4. The van der Waals surface area contributed by atoms with Crippen LogP contribution in [-0.4, -0.2) is 33.2 Å². The van der Waals surface area contributed by atoms with Gasteiger partial charge in [0.15, 0.2) is 5.78 Å². The molecule has 2 aromatic rings. The van der Waals surface area contributed by atoms with Gasteiger partial charge >= 0.3 is 5.97 Å². The van der Waals surface area contributed by atoms with Crippen LogP contribution in [0.5, 0.6) is 0 Å². The molecule has 1 aromatic heterocycles. The molecular weight excluding hydrogens is 624 g/mol. The highest BCUT2D eigenvalue weighted by molar-refractivity contribution is 6.30. The number of allylic oxidation sites excluding steroid dienone is 2. The van der Waals surface area contributed by atoms with Crippen molar-refractivity contribution < 1.29 is 23.8 Å². The summed E-state index contributed by atoms with van der Waals surface area (Å²) in [5.41, 5.74) is 3.21. The first-order valence-corrected chi connectivity index (χ1v) is 18.6. The van der Waals surface area contributed by atoms with Crippen molar-refractivity contribution in [1.82, 2.24) is 10.2 Å². The Morgan fingerprint density at radius 2 is 1.62 bits per heavy atom. The summed E-state index contributed by atoms with van der Waals surface area (Å²) in [5, 5.41) is 20.9. The summed E-state index contributed by atoms with van der Waals surface area (Å²) < 4.78 is 11.9. The first kappa shape index (κ1) is 34.0. The number of ketones is 1. The number of carbonyl (C=O) groups is 2. The number of Topliss-reactive ketones (excluding diaryl/α,β-unsaturated/α-hetero) is 1. The first-order valence-electron chi connectivity index (χ1n) is 18.3. The van der Waals surface area contributed by atoms with Gasteiger partial charge in [-0.3, -0.25) is 9.59 Å². The van der Waals surface area contributed by atoms with E-state index in [0.29, 0.717) is 28.7 Å². The SMILES string of the molecule is CC(=O)O[C@H]1CC[C@]2(C)[C@H]3CC[C@@H]4C5=C(C(C)C)C(=O)[C@@H]([C@H](O)c6nnc(-c7ccc(Cl)cc7)o6)C5CC[C@@]4(C)[C@]3(C)CC[C@H]2C1(C)C. The second-order valence-corrected chi connectivity index (χ2v) is 18.0. The number of hydrogen-bond acceptors (Lipinski definition) is 7. The van der Waals surface area contributed by atoms with Crippen LogP contribution in [-0.2, 0) is 14.3 Å². The molecule has 10 atom stereocenters. The minimum absolute atomic E-state index is 0.0287. The van der Waals surface area contributed by atoms with E-state index in [0.717, 1.165) is 62.5 Å². The quantitative estimate of drug-likeness (QED) is 0.315. The number of aliphatic hydroxyl groups is 1. The van der Waals surface area contributed by atoms with Crippen molar-refractivity contribution >= 4 is 23.4 Å². The number of hydrogen-bond donors (Lipinski definition) is 1. The van der Waals surface area contributed by atoms with Crippen molar-refractivity contribution in [3.63, 3.8) is 0 Å². The molecule has 1 heterocycles. The zero-order valence-corrected chi connectivity index (χ0v) is 30.7. The molecule has 7 nitrogen and oxygen atoms in total. The highest BCUT2D eigenvalue weighted by Crippen LogP contribution is 2.76. The molecule has 5 aliphatic rings. The van der Waals surface area contributed by atoms with E-state index in [2.05, 4.69) is 58.7 Å². The molecule has 0 aliphatic heterocycles. The standard InChI is InChI=1S/C40H53ClN2O5/c1-21(2)30-31-25(32(33(30)45)34(46)36-43-42-35(48-36)23-9-11-24(41)12-10-23)15-19-39(7)26(31)13-14-28-38(6)18-17-29(47-22(3)44)37(4,5)27(38)16-20-40(28,39)8/h9-12,21,25-29,32,34,46H,13-20H2,1-8H3/t25?,26-,27+,28-,29+,32+,34+,38+,39-,40-/m1/s1. The number of ether oxygens (including phenoxy) is 1. The molecular formula is C40H53ClN2O5. The lowest BCUT2D eigenvalue weighted by Gasteiger charge is -2.71. The lowest BCUT2D eigenvalue weighted by atomic mass is 9.33. The maximum atomic E-state index is 14.4. The summed E-state index contributed by atoms with van der Waals surface area (Å²) in [6.07, 6.45) is 7.16. The van der Waals surface area contributed by atoms with E-state index in [-0.39, 0.29) is 57.2 Å². The smallest absolute Gasteiger partial charge is 0.302 e. The molecule has 1 unspecified atom stereocenters. The molecule has 4 fully saturated rings. The Bertz CT molecular complexity index is 1640. The van der Waals surface area contributed by atoms with Crippen LogP contribution in [0.4, 0.5) is 0 Å². The van der Waals surface area contributed by atoms with Gasteiger partial charge in [0.2, 0.25) is 11.8 Å². The number of fused-ring (bicyclic) bond motifs is 7. The van der Waals surface area contributed by atoms with Crippen LogP contribution in [0.2, 0.25) is 5.02 Å². The highest BCUT2D eigenvalue weighted by Gasteiger charge is 2.69. The minimum Gasteiger partial charge on any atom is -0.462 e. The Morgan fingerprint density at radius 1 is 0.938 bits per heavy atom. The molecule has 0 spiro atoms. The van der Waals surface area contributed by atoms with Crippen molar-refractivity contribution in [3.05, 3.63) is 46.3 Å². The van der Waals surface area contributed by atoms with Crippen LogP contribution in [0.25, 0.3) is 11.5 Å². The number of rotatable bonds is 5. The van der Waals surface area contributed by atoms with E-state index in [1.807, 2.05) is 12.1 Å². The van der Waals surface area contributed by atoms with Gasteiger partial charge in [0, 0.05) is 22.9 Å². The average molecular weight is 677 g/mol. The van der Waals surface area contributed by atoms with Gasteiger partial charge in [-0.1, -0.05) is 65.6 Å². The molecule has 0 radical (unpaired) electrons. The molecule has 0 amide bonds. The number of carbonyl (C=O) groups excluding carboxylic acids is 2. The summed E-state index contributed by atoms with van der Waals surface area (Å²) in [4.78, 5) is 26.5. The molecule has 5 aliphatic carbocycles. The number of halogens is 1. The average Bonchev–Trinajstić information content (AvgIpc) is 3.62. The third-order valence-electron chi connectivity index (χ3n) is 14.9. The Labute approximate surface area is 290 Å². The molecule has 8 heteroatoms. The number of esters is 1. The second-order valence-electron chi connectivity index (χ2n) is 17.5. The number of aliphatic hydroxyl groups excluding tert-OH is 1. The van der Waals surface area contributed by atoms with E-state index < -0.39 is 12.0 Å². The summed E-state index contributed by atoms with van der Waals surface area (Å²) in [7, 11) is 0. The Kier molecular flexibility index (Phi) is 8.15. The van der Waals surface area contributed by atoms with E-state index in [1.54, 1.807) is 19.1 Å². The lowest BCUT2D eigenvalue weighted by molar-refractivity contribution is -0.231. The maximum absolute atomic E-state index is 14.4. The second kappa shape index (κ2) is 11.5. The lowest BCUT2D eigenvalue weighted by Crippen LogP contribution is -2.65. The minimum atomic E-state index is -1.16. The first-order chi connectivity index (χ1) is 22.5. The van der Waals surface area contributed by atoms with Gasteiger partial charge in [0.05, 0.1) is 5.92 Å². The van der Waals surface area contributed by atoms with Gasteiger partial charge in [-0.2, -0.15) is 0 Å². The van der Waals surface area contributed by atoms with Gasteiger partial charge in [0.25, 0.3) is 0 Å². The Hall–Kier alpha value is -2.51. The maximum Gasteiger partial charge on any atom is 0.302 e. The number of nitrogens with zero attached hydrogens (tertiary/aromatic N) is 2. The Morgan fingerprint density at radius 3 is 2.29 bits per heavy atom. The van der Waals surface area contributed by atoms with Crippen LogP contribution < -0.4 is 0 Å². The predicted octanol–water partition coefficient (Wildman–Crippen LogP) is 9.19. The zero-order chi connectivity index (χ0) is 34.6. The molecule has 48 heavy (non-hydrogen) atoms. The van der Waals surface area contributed by atoms with Gasteiger partial charge in [-0.25, -0.2) is 0 Å². The molecule has 0 saturated heterocycles. The van der Waals surface area contributed by atoms with Crippen LogP contribution in [0.3, 0.4) is 0 Å². The van der Waals surface area contributed by atoms with E-state index in [9.17, 15) is 14.7 Å². The van der Waals surface area contributed by atoms with Crippen LogP contribution in [0, 0.1) is 57.2 Å². The Balaban J connectivity index is 1.20. The predicted molar refractivity (Wildman–Crippen MR) is 185 cm³/mol. The van der Waals surface area contributed by atoms with Crippen LogP contribution >= 0.6 is 11.6 Å². The summed E-state index contributed by atoms with van der Waals surface area (Å²) in [5.74, 6) is 1.06. The van der Waals surface area contributed by atoms with E-state index in [1.165, 1.54) is 5.57 Å². The highest BCUT2D eigenvalue weighted by atomic mass is 35.5. The van der Waals surface area contributed by atoms with Gasteiger partial charge < -0.3 is 14.3 Å². The molecule has 0 bridgehead atoms. The fourth-order valence-corrected chi connectivity index (χ4v) is 12.7. The van der Waals surface area contributed by atoms with Crippen molar-refractivity contribution in [2.24, 2.45) is 57.2 Å². The summed E-state index contributed by atoms with van der Waals surface area (Å²) in [6.45, 7) is 18.1. The number of benzene rings is 1. The third-order valence-corrected chi connectivity index (χ3v) is 15.1. The summed E-state index contributed by atoms with van der Waals surface area (Å²) >= 11 is 6.07. The zero-order valence-electron chi connectivity index (χ0n) is 29.9. The summed E-state index contributed by atoms with van der Waals surface area (Å²) in [6, 6.07) is 7.14. The molecule has 7 rings (SSSR count). The molecule has 1 aromatic carbocycles. The van der Waals surface area contributed by atoms with Crippen molar-refractivity contribution in [1.29, 1.82) is 0 Å². The van der Waals surface area contributed by atoms with Crippen LogP contribution in [0.15, 0.2) is 39.8 Å². The fourth-order valence-electron chi connectivity index (χ4n) is 12.6. The van der Waals surface area contributed by atoms with E-state index >= 15 is 0 Å². The van der Waals surface area contributed by atoms with E-state index in [4.69, 9.17) is 20.8 Å². The van der Waals surface area contributed by atoms with Gasteiger partial charge in [-0.05, 0) is 127 Å². The molecule has 260 valence electrons. The largest absolute Gasteiger partial charge is 0.462 e. The van der Waals surface area contributed by atoms with Crippen LogP contribution in [0.1, 0.15) is 119 Å². The topological polar surface area (TPSA) is 103 Å². The molecule has 1 N–H and O–H groups in total. The van der Waals surface area contributed by atoms with Crippen molar-refractivity contribution in [3.8, 4) is 11.5 Å². The van der Waals surface area contributed by atoms with Crippen molar-refractivity contribution in [2.75, 3.05) is 0 Å². The van der Waals surface area contributed by atoms with Gasteiger partial charge in [0.1, 0.15) is 12.2 Å². The number of aromatic nitrogens is 2. The third kappa shape index (κ3) is 4.76. The van der Waals surface area contributed by atoms with Gasteiger partial charge in [-0.15, -0.1) is 10.2 Å².